The highest BCUT2D eigenvalue weighted by molar-refractivity contribution is 6.35. The van der Waals surface area contributed by atoms with Crippen LogP contribution in [0.3, 0.4) is 0 Å². The maximum atomic E-state index is 11.7. The molecule has 0 bridgehead atoms. The average Bonchev–Trinajstić information content (AvgIpc) is 2.11. The molecule has 1 saturated heterocycles. The molecule has 5 nitrogen and oxygen atoms in total. The van der Waals surface area contributed by atoms with Gasteiger partial charge in [0.1, 0.15) is 0 Å². The molecule has 5 heteroatoms. The molecule has 0 aromatic rings. The summed E-state index contributed by atoms with van der Waals surface area (Å²) < 4.78 is 0. The summed E-state index contributed by atoms with van der Waals surface area (Å²) in [6.45, 7) is 7.76. The molecule has 1 aliphatic rings. The number of rotatable bonds is 3. The topological polar surface area (TPSA) is 66.6 Å². The lowest BCUT2D eigenvalue weighted by Crippen LogP contribution is -2.58. The SMILES string of the molecule is CCN1CCN(CC(C)(C)N)C(=O)C1=O. The van der Waals surface area contributed by atoms with Gasteiger partial charge in [0.25, 0.3) is 0 Å². The van der Waals surface area contributed by atoms with Crippen molar-refractivity contribution in [3.8, 4) is 0 Å². The van der Waals surface area contributed by atoms with Crippen LogP contribution in [0.25, 0.3) is 0 Å². The van der Waals surface area contributed by atoms with Crippen LogP contribution in [0.4, 0.5) is 0 Å². The van der Waals surface area contributed by atoms with Crippen molar-refractivity contribution in [3.05, 3.63) is 0 Å². The molecule has 0 aromatic heterocycles. The van der Waals surface area contributed by atoms with Crippen LogP contribution >= 0.6 is 0 Å². The molecule has 0 aliphatic carbocycles. The van der Waals surface area contributed by atoms with Crippen LogP contribution in [0.5, 0.6) is 0 Å². The van der Waals surface area contributed by atoms with Crippen molar-refractivity contribution in [1.29, 1.82) is 0 Å². The zero-order chi connectivity index (χ0) is 11.6. The van der Waals surface area contributed by atoms with Gasteiger partial charge in [-0.2, -0.15) is 0 Å². The van der Waals surface area contributed by atoms with Crippen LogP contribution < -0.4 is 5.73 Å². The van der Waals surface area contributed by atoms with E-state index in [0.717, 1.165) is 0 Å². The molecule has 15 heavy (non-hydrogen) atoms. The molecule has 0 unspecified atom stereocenters. The third kappa shape index (κ3) is 2.92. The van der Waals surface area contributed by atoms with E-state index in [1.54, 1.807) is 4.90 Å². The first kappa shape index (κ1) is 12.0. The zero-order valence-electron chi connectivity index (χ0n) is 9.62. The number of carbonyl (C=O) groups is 2. The Kier molecular flexibility index (Phi) is 3.34. The molecule has 0 saturated carbocycles. The Morgan fingerprint density at radius 2 is 1.67 bits per heavy atom. The fraction of sp³-hybridized carbons (Fsp3) is 0.800. The first-order valence-electron chi connectivity index (χ1n) is 5.22. The second kappa shape index (κ2) is 4.18. The lowest BCUT2D eigenvalue weighted by atomic mass is 10.1. The molecule has 1 aliphatic heterocycles. The second-order valence-electron chi connectivity index (χ2n) is 4.60. The number of nitrogens with two attached hydrogens (primary N) is 1. The molecule has 0 aromatic carbocycles. The molecular formula is C10H19N3O2. The van der Waals surface area contributed by atoms with E-state index >= 15 is 0 Å². The minimum Gasteiger partial charge on any atom is -0.333 e. The average molecular weight is 213 g/mol. The lowest BCUT2D eigenvalue weighted by Gasteiger charge is -2.36. The molecule has 1 rings (SSSR count). The van der Waals surface area contributed by atoms with Crippen LogP contribution in [0, 0.1) is 0 Å². The summed E-state index contributed by atoms with van der Waals surface area (Å²) in [5.41, 5.74) is 5.37. The minimum absolute atomic E-state index is 0.409. The van der Waals surface area contributed by atoms with Crippen LogP contribution in [0.15, 0.2) is 0 Å². The van der Waals surface area contributed by atoms with Gasteiger partial charge >= 0.3 is 11.8 Å². The van der Waals surface area contributed by atoms with E-state index < -0.39 is 17.4 Å². The summed E-state index contributed by atoms with van der Waals surface area (Å²) in [4.78, 5) is 26.3. The maximum absolute atomic E-state index is 11.7. The Morgan fingerprint density at radius 1 is 1.20 bits per heavy atom. The highest BCUT2D eigenvalue weighted by atomic mass is 16.2. The van der Waals surface area contributed by atoms with Gasteiger partial charge < -0.3 is 15.5 Å². The smallest absolute Gasteiger partial charge is 0.312 e. The number of likely N-dealkylation sites (N-methyl/N-ethyl adjacent to an activating group) is 1. The van der Waals surface area contributed by atoms with Gasteiger partial charge in [0, 0.05) is 31.7 Å². The summed E-state index contributed by atoms with van der Waals surface area (Å²) in [6, 6.07) is 0. The van der Waals surface area contributed by atoms with Crippen molar-refractivity contribution >= 4 is 11.8 Å². The number of carbonyl (C=O) groups excluding carboxylic acids is 2. The van der Waals surface area contributed by atoms with Gasteiger partial charge in [0.05, 0.1) is 0 Å². The van der Waals surface area contributed by atoms with Crippen LogP contribution in [-0.2, 0) is 9.59 Å². The van der Waals surface area contributed by atoms with E-state index in [1.165, 1.54) is 4.90 Å². The maximum Gasteiger partial charge on any atom is 0.312 e. The standard InChI is InChI=1S/C10H19N3O2/c1-4-12-5-6-13(7-10(2,3)11)9(15)8(12)14/h4-7,11H2,1-3H3. The summed E-state index contributed by atoms with van der Waals surface area (Å²) >= 11 is 0. The van der Waals surface area contributed by atoms with Gasteiger partial charge in [-0.1, -0.05) is 0 Å². The Labute approximate surface area is 90.2 Å². The van der Waals surface area contributed by atoms with E-state index in [1.807, 2.05) is 20.8 Å². The molecule has 0 radical (unpaired) electrons. The number of hydrogen-bond donors (Lipinski definition) is 1. The summed E-state index contributed by atoms with van der Waals surface area (Å²) in [6.07, 6.45) is 0. The quantitative estimate of drug-likeness (QED) is 0.637. The van der Waals surface area contributed by atoms with Crippen molar-refractivity contribution in [2.45, 2.75) is 26.3 Å². The van der Waals surface area contributed by atoms with E-state index in [4.69, 9.17) is 5.73 Å². The summed E-state index contributed by atoms with van der Waals surface area (Å²) in [5.74, 6) is -0.838. The highest BCUT2D eigenvalue weighted by Crippen LogP contribution is 2.08. The van der Waals surface area contributed by atoms with Gasteiger partial charge in [-0.3, -0.25) is 9.59 Å². The fourth-order valence-corrected chi connectivity index (χ4v) is 1.66. The first-order valence-corrected chi connectivity index (χ1v) is 5.22. The van der Waals surface area contributed by atoms with E-state index in [9.17, 15) is 9.59 Å². The molecule has 86 valence electrons. The monoisotopic (exact) mass is 213 g/mol. The van der Waals surface area contributed by atoms with Gasteiger partial charge in [0.2, 0.25) is 0 Å². The summed E-state index contributed by atoms with van der Waals surface area (Å²) in [5, 5.41) is 0. The van der Waals surface area contributed by atoms with E-state index in [-0.39, 0.29) is 0 Å². The Hall–Kier alpha value is -1.10. The second-order valence-corrected chi connectivity index (χ2v) is 4.60. The third-order valence-corrected chi connectivity index (χ3v) is 2.38. The predicted octanol–water partition coefficient (Wildman–Crippen LogP) is -0.586. The van der Waals surface area contributed by atoms with E-state index in [2.05, 4.69) is 0 Å². The fourth-order valence-electron chi connectivity index (χ4n) is 1.66. The largest absolute Gasteiger partial charge is 0.333 e. The summed E-state index contributed by atoms with van der Waals surface area (Å²) in [7, 11) is 0. The number of amides is 2. The van der Waals surface area contributed by atoms with Gasteiger partial charge in [0.15, 0.2) is 0 Å². The van der Waals surface area contributed by atoms with Crippen LogP contribution in [-0.4, -0.2) is 53.3 Å². The Morgan fingerprint density at radius 3 is 2.13 bits per heavy atom. The van der Waals surface area contributed by atoms with Crippen molar-refractivity contribution in [3.63, 3.8) is 0 Å². The zero-order valence-corrected chi connectivity index (χ0v) is 9.62. The first-order chi connectivity index (χ1) is 6.85. The predicted molar refractivity (Wildman–Crippen MR) is 57.1 cm³/mol. The highest BCUT2D eigenvalue weighted by Gasteiger charge is 2.33. The molecular weight excluding hydrogens is 194 g/mol. The van der Waals surface area contributed by atoms with Gasteiger partial charge in [-0.05, 0) is 20.8 Å². The molecule has 1 fully saturated rings. The molecule has 2 amide bonds. The number of nitrogens with zero attached hydrogens (tertiary/aromatic N) is 2. The molecule has 0 atom stereocenters. The molecule has 1 heterocycles. The Balaban J connectivity index is 2.65. The van der Waals surface area contributed by atoms with Crippen LogP contribution in [0.1, 0.15) is 20.8 Å². The van der Waals surface area contributed by atoms with Crippen molar-refractivity contribution in [1.82, 2.24) is 9.80 Å². The third-order valence-electron chi connectivity index (χ3n) is 2.38. The van der Waals surface area contributed by atoms with Gasteiger partial charge in [-0.15, -0.1) is 0 Å². The molecule has 2 N–H and O–H groups in total. The van der Waals surface area contributed by atoms with Crippen molar-refractivity contribution in [2.75, 3.05) is 26.2 Å². The normalized spacial score (nSPS) is 18.7. The number of hydrogen-bond acceptors (Lipinski definition) is 3. The van der Waals surface area contributed by atoms with Crippen LogP contribution in [0.2, 0.25) is 0 Å². The van der Waals surface area contributed by atoms with Gasteiger partial charge in [-0.25, -0.2) is 0 Å². The lowest BCUT2D eigenvalue weighted by molar-refractivity contribution is -0.156. The van der Waals surface area contributed by atoms with E-state index in [0.29, 0.717) is 26.2 Å². The number of piperazine rings is 1. The Bertz CT molecular complexity index is 270. The van der Waals surface area contributed by atoms with Crippen molar-refractivity contribution < 1.29 is 9.59 Å². The minimum atomic E-state index is -0.454. The molecule has 0 spiro atoms. The van der Waals surface area contributed by atoms with Crippen molar-refractivity contribution in [2.24, 2.45) is 5.73 Å².